The Bertz CT molecular complexity index is 464. The summed E-state index contributed by atoms with van der Waals surface area (Å²) in [5.74, 6) is 0.663. The maximum absolute atomic E-state index is 11.7. The Kier molecular flexibility index (Phi) is 8.80. The van der Waals surface area contributed by atoms with Gasteiger partial charge in [0.25, 0.3) is 0 Å². The van der Waals surface area contributed by atoms with E-state index in [1.165, 1.54) is 20.8 Å². The predicted molar refractivity (Wildman–Crippen MR) is 98.1 cm³/mol. The van der Waals surface area contributed by atoms with Crippen molar-refractivity contribution in [3.8, 4) is 0 Å². The molecule has 0 spiro atoms. The largest absolute Gasteiger partial charge is 0.458 e. The summed E-state index contributed by atoms with van der Waals surface area (Å²) >= 11 is 4.86. The number of ether oxygens (including phenoxy) is 3. The van der Waals surface area contributed by atoms with E-state index in [4.69, 9.17) is 14.2 Å². The van der Waals surface area contributed by atoms with E-state index in [0.717, 1.165) is 11.5 Å². The summed E-state index contributed by atoms with van der Waals surface area (Å²) in [4.78, 5) is 34.6. The summed E-state index contributed by atoms with van der Waals surface area (Å²) in [6.45, 7) is 7.96. The summed E-state index contributed by atoms with van der Waals surface area (Å²) in [6, 6.07) is 0. The molecule has 0 aromatic heterocycles. The lowest BCUT2D eigenvalue weighted by Crippen LogP contribution is -2.58. The van der Waals surface area contributed by atoms with Gasteiger partial charge in [0, 0.05) is 26.5 Å². The second-order valence-corrected chi connectivity index (χ2v) is 10.1. The lowest BCUT2D eigenvalue weighted by Gasteiger charge is -2.47. The molecular weight excluding hydrogens is 372 g/mol. The van der Waals surface area contributed by atoms with Gasteiger partial charge in [-0.1, -0.05) is 13.8 Å². The molecule has 1 rings (SSSR count). The summed E-state index contributed by atoms with van der Waals surface area (Å²) in [5.41, 5.74) is 0. The first-order valence-electron chi connectivity index (χ1n) is 7.69. The third-order valence-electron chi connectivity index (χ3n) is 3.07. The SMILES string of the molecule is CCSC1(SCC)SC[C@@H](OC(C)=O)[C@H](OC(C)=O)[C@H]1OC(C)=O. The van der Waals surface area contributed by atoms with Gasteiger partial charge in [0.15, 0.2) is 18.3 Å². The first-order valence-corrected chi connectivity index (χ1v) is 10.6. The highest BCUT2D eigenvalue weighted by Gasteiger charge is 2.55. The van der Waals surface area contributed by atoms with Crippen LogP contribution in [-0.2, 0) is 28.6 Å². The summed E-state index contributed by atoms with van der Waals surface area (Å²) in [6.07, 6.45) is -2.18. The van der Waals surface area contributed by atoms with E-state index < -0.39 is 39.6 Å². The molecule has 0 bridgehead atoms. The number of rotatable bonds is 7. The number of hydrogen-bond acceptors (Lipinski definition) is 9. The van der Waals surface area contributed by atoms with Gasteiger partial charge in [0.05, 0.1) is 0 Å². The molecule has 1 saturated heterocycles. The zero-order chi connectivity index (χ0) is 18.3. The Labute approximate surface area is 155 Å². The first-order chi connectivity index (χ1) is 11.3. The molecule has 9 heteroatoms. The highest BCUT2D eigenvalue weighted by molar-refractivity contribution is 8.33. The van der Waals surface area contributed by atoms with Crippen LogP contribution in [-0.4, -0.2) is 56.9 Å². The summed E-state index contributed by atoms with van der Waals surface area (Å²) < 4.78 is 15.8. The molecule has 0 aromatic carbocycles. The van der Waals surface area contributed by atoms with Gasteiger partial charge in [-0.05, 0) is 11.5 Å². The first kappa shape index (κ1) is 21.5. The Morgan fingerprint density at radius 3 is 1.88 bits per heavy atom. The van der Waals surface area contributed by atoms with Crippen molar-refractivity contribution in [1.29, 1.82) is 0 Å². The van der Waals surface area contributed by atoms with E-state index in [0.29, 0.717) is 5.75 Å². The van der Waals surface area contributed by atoms with Gasteiger partial charge in [-0.25, -0.2) is 0 Å². The third-order valence-corrected chi connectivity index (χ3v) is 8.16. The highest BCUT2D eigenvalue weighted by Crippen LogP contribution is 2.55. The second kappa shape index (κ2) is 9.82. The van der Waals surface area contributed by atoms with Gasteiger partial charge in [-0.2, -0.15) is 0 Å². The van der Waals surface area contributed by atoms with Crippen molar-refractivity contribution in [2.24, 2.45) is 0 Å². The number of carbonyl (C=O) groups excluding carboxylic acids is 3. The minimum absolute atomic E-state index is 0.459. The van der Waals surface area contributed by atoms with Gasteiger partial charge < -0.3 is 14.2 Å². The Morgan fingerprint density at radius 2 is 1.46 bits per heavy atom. The van der Waals surface area contributed by atoms with Crippen LogP contribution in [0, 0.1) is 0 Å². The Morgan fingerprint density at radius 1 is 0.958 bits per heavy atom. The highest BCUT2D eigenvalue weighted by atomic mass is 32.3. The van der Waals surface area contributed by atoms with E-state index in [1.54, 1.807) is 35.3 Å². The molecule has 0 saturated carbocycles. The van der Waals surface area contributed by atoms with E-state index in [1.807, 2.05) is 13.8 Å². The van der Waals surface area contributed by atoms with Crippen molar-refractivity contribution >= 4 is 53.2 Å². The van der Waals surface area contributed by atoms with E-state index in [-0.39, 0.29) is 0 Å². The topological polar surface area (TPSA) is 78.9 Å². The molecule has 1 aliphatic heterocycles. The molecule has 0 aromatic rings. The summed E-state index contributed by atoms with van der Waals surface area (Å²) in [5, 5.41) is 0. The second-order valence-electron chi connectivity index (χ2n) is 5.03. The van der Waals surface area contributed by atoms with Gasteiger partial charge in [0.2, 0.25) is 0 Å². The molecule has 0 radical (unpaired) electrons. The molecule has 24 heavy (non-hydrogen) atoms. The van der Waals surface area contributed by atoms with E-state index in [9.17, 15) is 14.4 Å². The maximum Gasteiger partial charge on any atom is 0.303 e. The van der Waals surface area contributed by atoms with Gasteiger partial charge in [-0.3, -0.25) is 14.4 Å². The van der Waals surface area contributed by atoms with E-state index >= 15 is 0 Å². The molecule has 1 fully saturated rings. The van der Waals surface area contributed by atoms with Crippen LogP contribution in [0.25, 0.3) is 0 Å². The van der Waals surface area contributed by atoms with Crippen molar-refractivity contribution in [2.45, 2.75) is 56.3 Å². The number of hydrogen-bond donors (Lipinski definition) is 0. The number of esters is 3. The maximum atomic E-state index is 11.7. The smallest absolute Gasteiger partial charge is 0.303 e. The minimum atomic E-state index is -0.824. The zero-order valence-corrected chi connectivity index (χ0v) is 17.0. The molecule has 6 nitrogen and oxygen atoms in total. The molecule has 0 aliphatic carbocycles. The molecule has 3 atom stereocenters. The van der Waals surface area contributed by atoms with Crippen molar-refractivity contribution in [2.75, 3.05) is 17.3 Å². The van der Waals surface area contributed by atoms with Gasteiger partial charge in [-0.15, -0.1) is 35.3 Å². The standard InChI is InChI=1S/C15H24O6S3/c1-6-22-15(23-7-2)14(21-11(5)18)13(20-10(4)17)12(8-24-15)19-9(3)16/h12-14H,6-8H2,1-5H3/t12-,13+,14-/m1/s1. The van der Waals surface area contributed by atoms with Crippen LogP contribution in [0.1, 0.15) is 34.6 Å². The Balaban J connectivity index is 3.24. The fraction of sp³-hybridized carbons (Fsp3) is 0.800. The fourth-order valence-corrected chi connectivity index (χ4v) is 7.75. The monoisotopic (exact) mass is 396 g/mol. The quantitative estimate of drug-likeness (QED) is 0.366. The van der Waals surface area contributed by atoms with Crippen molar-refractivity contribution in [3.63, 3.8) is 0 Å². The molecule has 1 heterocycles. The van der Waals surface area contributed by atoms with Crippen molar-refractivity contribution in [3.05, 3.63) is 0 Å². The van der Waals surface area contributed by atoms with Crippen molar-refractivity contribution in [1.82, 2.24) is 0 Å². The normalized spacial score (nSPS) is 25.6. The molecular formula is C15H24O6S3. The number of thioether (sulfide) groups is 3. The van der Waals surface area contributed by atoms with Crippen LogP contribution >= 0.6 is 35.3 Å². The lowest BCUT2D eigenvalue weighted by molar-refractivity contribution is -0.181. The van der Waals surface area contributed by atoms with Crippen LogP contribution in [0.15, 0.2) is 0 Å². The molecule has 0 amide bonds. The number of carbonyl (C=O) groups is 3. The molecule has 0 unspecified atom stereocenters. The minimum Gasteiger partial charge on any atom is -0.458 e. The van der Waals surface area contributed by atoms with Crippen LogP contribution in [0.4, 0.5) is 0 Å². The van der Waals surface area contributed by atoms with Gasteiger partial charge in [0.1, 0.15) is 3.41 Å². The van der Waals surface area contributed by atoms with Gasteiger partial charge >= 0.3 is 17.9 Å². The average molecular weight is 397 g/mol. The molecule has 1 aliphatic rings. The van der Waals surface area contributed by atoms with E-state index in [2.05, 4.69) is 0 Å². The van der Waals surface area contributed by atoms with Crippen LogP contribution in [0.2, 0.25) is 0 Å². The lowest BCUT2D eigenvalue weighted by atomic mass is 10.1. The Hall–Kier alpha value is -0.540. The van der Waals surface area contributed by atoms with Crippen LogP contribution in [0.3, 0.4) is 0 Å². The van der Waals surface area contributed by atoms with Crippen molar-refractivity contribution < 1.29 is 28.6 Å². The average Bonchev–Trinajstić information content (AvgIpc) is 2.45. The van der Waals surface area contributed by atoms with Crippen LogP contribution in [0.5, 0.6) is 0 Å². The fourth-order valence-electron chi connectivity index (χ4n) is 2.42. The molecule has 138 valence electrons. The van der Waals surface area contributed by atoms with Crippen LogP contribution < -0.4 is 0 Å². The predicted octanol–water partition coefficient (Wildman–Crippen LogP) is 2.69. The summed E-state index contributed by atoms with van der Waals surface area (Å²) in [7, 11) is 0. The molecule has 0 N–H and O–H groups in total. The zero-order valence-electron chi connectivity index (χ0n) is 14.5. The third kappa shape index (κ3) is 5.77.